The van der Waals surface area contributed by atoms with E-state index >= 15 is 0 Å². The van der Waals surface area contributed by atoms with Crippen molar-refractivity contribution in [2.24, 2.45) is 0 Å². The van der Waals surface area contributed by atoms with Gasteiger partial charge in [0.15, 0.2) is 0 Å². The highest BCUT2D eigenvalue weighted by molar-refractivity contribution is 8.02. The number of piperazine rings is 1. The van der Waals surface area contributed by atoms with Crippen molar-refractivity contribution in [2.45, 2.75) is 9.79 Å². The average Bonchev–Trinajstić information content (AvgIpc) is 2.69. The van der Waals surface area contributed by atoms with Gasteiger partial charge in [-0.15, -0.1) is 0 Å². The fraction of sp³-hybridized carbons (Fsp3) is 0.211. The monoisotopic (exact) mass is 406 g/mol. The average molecular weight is 407 g/mol. The summed E-state index contributed by atoms with van der Waals surface area (Å²) in [6.45, 7) is 0.968. The van der Waals surface area contributed by atoms with Gasteiger partial charge in [-0.3, -0.25) is 4.79 Å². The van der Waals surface area contributed by atoms with Gasteiger partial charge in [-0.2, -0.15) is 4.31 Å². The molecule has 0 saturated carbocycles. The summed E-state index contributed by atoms with van der Waals surface area (Å²) >= 11 is 1.45. The fourth-order valence-electron chi connectivity index (χ4n) is 2.70. The molecule has 1 fully saturated rings. The molecule has 1 amide bonds. The molecule has 3 rings (SSSR count). The van der Waals surface area contributed by atoms with Crippen LogP contribution < -0.4 is 0 Å². The Labute approximate surface area is 162 Å². The quantitative estimate of drug-likeness (QED) is 0.566. The molecule has 8 heteroatoms. The summed E-state index contributed by atoms with van der Waals surface area (Å²) in [6, 6.07) is 14.6. The van der Waals surface area contributed by atoms with Crippen molar-refractivity contribution in [1.29, 1.82) is 0 Å². The van der Waals surface area contributed by atoms with Crippen LogP contribution in [0.3, 0.4) is 0 Å². The summed E-state index contributed by atoms with van der Waals surface area (Å²) < 4.78 is 39.8. The van der Waals surface area contributed by atoms with Crippen LogP contribution >= 0.6 is 11.8 Å². The largest absolute Gasteiger partial charge is 0.336 e. The number of hydrogen-bond donors (Lipinski definition) is 0. The van der Waals surface area contributed by atoms with E-state index in [0.717, 1.165) is 11.0 Å². The zero-order valence-corrected chi connectivity index (χ0v) is 16.1. The van der Waals surface area contributed by atoms with Gasteiger partial charge in [-0.05, 0) is 35.7 Å². The molecule has 2 aromatic rings. The Balaban J connectivity index is 1.56. The van der Waals surface area contributed by atoms with E-state index in [2.05, 4.69) is 0 Å². The highest BCUT2D eigenvalue weighted by Gasteiger charge is 2.29. The standard InChI is InChI=1S/C19H19FN2O3S2/c20-16-5-4-8-18(15-16)27(24,25)22-12-10-21(11-13-22)19(23)9-14-26-17-6-2-1-3-7-17/h1-9,14-15H,10-13H2/b14-9+. The lowest BCUT2D eigenvalue weighted by Gasteiger charge is -2.33. The summed E-state index contributed by atoms with van der Waals surface area (Å²) in [5.41, 5.74) is 0. The van der Waals surface area contributed by atoms with Crippen LogP contribution in [0, 0.1) is 5.82 Å². The minimum Gasteiger partial charge on any atom is -0.336 e. The lowest BCUT2D eigenvalue weighted by Crippen LogP contribution is -2.50. The Morgan fingerprint density at radius 2 is 1.70 bits per heavy atom. The third-order valence-corrected chi connectivity index (χ3v) is 6.85. The van der Waals surface area contributed by atoms with E-state index in [1.807, 2.05) is 30.3 Å². The molecule has 0 N–H and O–H groups in total. The molecule has 142 valence electrons. The lowest BCUT2D eigenvalue weighted by atomic mass is 10.3. The normalized spacial score (nSPS) is 16.0. The number of sulfonamides is 1. The van der Waals surface area contributed by atoms with E-state index in [1.54, 1.807) is 10.3 Å². The molecule has 1 aliphatic heterocycles. The summed E-state index contributed by atoms with van der Waals surface area (Å²) in [5.74, 6) is -0.743. The van der Waals surface area contributed by atoms with Crippen LogP contribution in [-0.2, 0) is 14.8 Å². The van der Waals surface area contributed by atoms with E-state index in [-0.39, 0.29) is 23.9 Å². The van der Waals surface area contributed by atoms with Crippen molar-refractivity contribution in [3.63, 3.8) is 0 Å². The molecular formula is C19H19FN2O3S2. The summed E-state index contributed by atoms with van der Waals surface area (Å²) in [7, 11) is -3.75. The highest BCUT2D eigenvalue weighted by atomic mass is 32.2. The van der Waals surface area contributed by atoms with Gasteiger partial charge in [0.25, 0.3) is 0 Å². The Hall–Kier alpha value is -2.16. The number of benzene rings is 2. The first kappa shape index (κ1) is 19.6. The Bertz CT molecular complexity index is 925. The van der Waals surface area contributed by atoms with Crippen LogP contribution in [-0.4, -0.2) is 49.7 Å². The predicted molar refractivity (Wildman–Crippen MR) is 103 cm³/mol. The highest BCUT2D eigenvalue weighted by Crippen LogP contribution is 2.20. The number of nitrogens with zero attached hydrogens (tertiary/aromatic N) is 2. The molecule has 1 saturated heterocycles. The molecule has 0 aromatic heterocycles. The number of amides is 1. The van der Waals surface area contributed by atoms with Crippen LogP contribution in [0.25, 0.3) is 0 Å². The first-order valence-electron chi connectivity index (χ1n) is 8.40. The molecule has 0 bridgehead atoms. The minimum atomic E-state index is -3.75. The number of carbonyl (C=O) groups excluding carboxylic acids is 1. The van der Waals surface area contributed by atoms with Crippen LogP contribution in [0.5, 0.6) is 0 Å². The van der Waals surface area contributed by atoms with Gasteiger partial charge < -0.3 is 4.90 Å². The molecule has 27 heavy (non-hydrogen) atoms. The molecular weight excluding hydrogens is 387 g/mol. The van der Waals surface area contributed by atoms with E-state index in [1.165, 1.54) is 40.3 Å². The smallest absolute Gasteiger partial charge is 0.247 e. The van der Waals surface area contributed by atoms with Crippen LogP contribution in [0.1, 0.15) is 0 Å². The van der Waals surface area contributed by atoms with Crippen molar-refractivity contribution in [3.05, 3.63) is 71.9 Å². The van der Waals surface area contributed by atoms with E-state index < -0.39 is 15.8 Å². The predicted octanol–water partition coefficient (Wildman–Crippen LogP) is 2.96. The second kappa shape index (κ2) is 8.69. The zero-order chi connectivity index (χ0) is 19.3. The van der Waals surface area contributed by atoms with Crippen molar-refractivity contribution in [1.82, 2.24) is 9.21 Å². The molecule has 0 unspecified atom stereocenters. The summed E-state index contributed by atoms with van der Waals surface area (Å²) in [4.78, 5) is 14.8. The van der Waals surface area contributed by atoms with E-state index in [0.29, 0.717) is 13.1 Å². The van der Waals surface area contributed by atoms with Crippen molar-refractivity contribution in [2.75, 3.05) is 26.2 Å². The Morgan fingerprint density at radius 3 is 2.37 bits per heavy atom. The molecule has 0 radical (unpaired) electrons. The van der Waals surface area contributed by atoms with Gasteiger partial charge in [0.05, 0.1) is 4.90 Å². The Morgan fingerprint density at radius 1 is 1.00 bits per heavy atom. The van der Waals surface area contributed by atoms with Crippen molar-refractivity contribution >= 4 is 27.7 Å². The number of thioether (sulfide) groups is 1. The second-order valence-electron chi connectivity index (χ2n) is 5.92. The maximum absolute atomic E-state index is 13.3. The van der Waals surface area contributed by atoms with Gasteiger partial charge in [0.2, 0.25) is 15.9 Å². The molecule has 1 heterocycles. The van der Waals surface area contributed by atoms with E-state index in [4.69, 9.17) is 0 Å². The SMILES string of the molecule is O=C(/C=C/Sc1ccccc1)N1CCN(S(=O)(=O)c2cccc(F)c2)CC1. The Kier molecular flexibility index (Phi) is 6.30. The first-order valence-corrected chi connectivity index (χ1v) is 10.7. The van der Waals surface area contributed by atoms with Crippen LogP contribution in [0.15, 0.2) is 75.9 Å². The molecule has 0 atom stereocenters. The molecule has 0 spiro atoms. The topological polar surface area (TPSA) is 57.7 Å². The third-order valence-electron chi connectivity index (χ3n) is 4.14. The maximum Gasteiger partial charge on any atom is 0.247 e. The number of halogens is 1. The fourth-order valence-corrected chi connectivity index (χ4v) is 4.81. The van der Waals surface area contributed by atoms with E-state index in [9.17, 15) is 17.6 Å². The van der Waals surface area contributed by atoms with Crippen molar-refractivity contribution < 1.29 is 17.6 Å². The second-order valence-corrected chi connectivity index (χ2v) is 8.84. The summed E-state index contributed by atoms with van der Waals surface area (Å²) in [5, 5.41) is 1.73. The number of carbonyl (C=O) groups is 1. The van der Waals surface area contributed by atoms with Gasteiger partial charge in [0, 0.05) is 37.2 Å². The molecule has 2 aromatic carbocycles. The van der Waals surface area contributed by atoms with Crippen LogP contribution in [0.2, 0.25) is 0 Å². The molecule has 1 aliphatic rings. The van der Waals surface area contributed by atoms with Gasteiger partial charge in [0.1, 0.15) is 5.82 Å². The van der Waals surface area contributed by atoms with Gasteiger partial charge in [-0.1, -0.05) is 36.0 Å². The molecule has 5 nitrogen and oxygen atoms in total. The number of hydrogen-bond acceptors (Lipinski definition) is 4. The van der Waals surface area contributed by atoms with Gasteiger partial charge >= 0.3 is 0 Å². The maximum atomic E-state index is 13.3. The van der Waals surface area contributed by atoms with Crippen molar-refractivity contribution in [3.8, 4) is 0 Å². The molecule has 0 aliphatic carbocycles. The summed E-state index contributed by atoms with van der Waals surface area (Å²) in [6.07, 6.45) is 1.49. The van der Waals surface area contributed by atoms with Crippen LogP contribution in [0.4, 0.5) is 4.39 Å². The number of rotatable bonds is 5. The van der Waals surface area contributed by atoms with Gasteiger partial charge in [-0.25, -0.2) is 12.8 Å². The first-order chi connectivity index (χ1) is 13.0. The minimum absolute atomic E-state index is 0.0681. The zero-order valence-electron chi connectivity index (χ0n) is 14.5. The third kappa shape index (κ3) is 4.97. The lowest BCUT2D eigenvalue weighted by molar-refractivity contribution is -0.127.